The molecule has 1 heterocycles. The lowest BCUT2D eigenvalue weighted by Gasteiger charge is -2.17. The second kappa shape index (κ2) is 5.71. The number of nitrogens with one attached hydrogen (secondary N) is 1. The molecule has 0 fully saturated rings. The molecule has 0 unspecified atom stereocenters. The number of nitrogens with zero attached hydrogens (tertiary/aromatic N) is 2. The van der Waals surface area contributed by atoms with Crippen LogP contribution in [0.15, 0.2) is 0 Å². The Morgan fingerprint density at radius 3 is 2.35 bits per heavy atom. The molecule has 96 valence electrons. The van der Waals surface area contributed by atoms with Crippen LogP contribution in [0.4, 0.5) is 5.82 Å². The molecule has 0 saturated heterocycles. The van der Waals surface area contributed by atoms with E-state index >= 15 is 0 Å². The molecule has 0 amide bonds. The Morgan fingerprint density at radius 1 is 1.18 bits per heavy atom. The van der Waals surface area contributed by atoms with E-state index in [-0.39, 0.29) is 4.75 Å². The second-order valence-electron chi connectivity index (χ2n) is 5.13. The van der Waals surface area contributed by atoms with Gasteiger partial charge in [-0.2, -0.15) is 0 Å². The predicted molar refractivity (Wildman–Crippen MR) is 76.7 cm³/mol. The molecule has 1 aromatic heterocycles. The third-order valence-electron chi connectivity index (χ3n) is 2.41. The van der Waals surface area contributed by atoms with Gasteiger partial charge in [0.25, 0.3) is 0 Å². The van der Waals surface area contributed by atoms with Gasteiger partial charge in [0.1, 0.15) is 11.6 Å². The van der Waals surface area contributed by atoms with Gasteiger partial charge in [0.15, 0.2) is 0 Å². The summed E-state index contributed by atoms with van der Waals surface area (Å²) in [4.78, 5) is 9.13. The molecule has 0 radical (unpaired) electrons. The molecule has 1 rings (SSSR count). The largest absolute Gasteiger partial charge is 0.370 e. The fraction of sp³-hybridized carbons (Fsp3) is 0.692. The van der Waals surface area contributed by atoms with E-state index in [2.05, 4.69) is 49.9 Å². The van der Waals surface area contributed by atoms with E-state index in [9.17, 15) is 0 Å². The van der Waals surface area contributed by atoms with Crippen LogP contribution in [0.25, 0.3) is 0 Å². The first-order valence-electron chi connectivity index (χ1n) is 6.05. The fourth-order valence-electron chi connectivity index (χ4n) is 1.37. The zero-order chi connectivity index (χ0) is 13.1. The zero-order valence-electron chi connectivity index (χ0n) is 11.7. The van der Waals surface area contributed by atoms with Gasteiger partial charge >= 0.3 is 0 Å². The average molecular weight is 253 g/mol. The molecule has 3 nitrogen and oxygen atoms in total. The number of hydrogen-bond donors (Lipinski definition) is 1. The molecule has 0 saturated carbocycles. The van der Waals surface area contributed by atoms with E-state index in [1.54, 1.807) is 0 Å². The summed E-state index contributed by atoms with van der Waals surface area (Å²) in [6.07, 6.45) is 0. The topological polar surface area (TPSA) is 37.8 Å². The Hall–Kier alpha value is -0.770. The van der Waals surface area contributed by atoms with Crippen LogP contribution in [0.5, 0.6) is 0 Å². The van der Waals surface area contributed by atoms with Crippen molar-refractivity contribution < 1.29 is 0 Å². The minimum atomic E-state index is 0.250. The highest BCUT2D eigenvalue weighted by Crippen LogP contribution is 2.27. The van der Waals surface area contributed by atoms with Gasteiger partial charge in [-0.15, -0.1) is 11.8 Å². The lowest BCUT2D eigenvalue weighted by Crippen LogP contribution is -2.11. The minimum Gasteiger partial charge on any atom is -0.370 e. The zero-order valence-corrected chi connectivity index (χ0v) is 12.5. The van der Waals surface area contributed by atoms with Gasteiger partial charge < -0.3 is 5.32 Å². The van der Waals surface area contributed by atoms with Crippen molar-refractivity contribution >= 4 is 17.6 Å². The van der Waals surface area contributed by atoms with Crippen LogP contribution >= 0.6 is 11.8 Å². The molecule has 0 bridgehead atoms. The Morgan fingerprint density at radius 2 is 1.82 bits per heavy atom. The summed E-state index contributed by atoms with van der Waals surface area (Å²) < 4.78 is 0.250. The highest BCUT2D eigenvalue weighted by atomic mass is 32.2. The molecule has 4 heteroatoms. The SMILES string of the molecule is CCNc1nc(CSC(C)(C)C)nc(C)c1C. The van der Waals surface area contributed by atoms with Crippen LogP contribution in [0, 0.1) is 13.8 Å². The number of aromatic nitrogens is 2. The Bertz CT molecular complexity index is 383. The summed E-state index contributed by atoms with van der Waals surface area (Å²) in [6, 6.07) is 0. The molecule has 0 aliphatic heterocycles. The standard InChI is InChI=1S/C13H23N3S/c1-7-14-12-9(2)10(3)15-11(16-12)8-17-13(4,5)6/h7-8H2,1-6H3,(H,14,15,16). The number of anilines is 1. The average Bonchev–Trinajstić information content (AvgIpc) is 2.21. The van der Waals surface area contributed by atoms with Gasteiger partial charge in [-0.05, 0) is 20.8 Å². The first-order chi connectivity index (χ1) is 7.83. The van der Waals surface area contributed by atoms with Crippen LogP contribution in [-0.4, -0.2) is 21.3 Å². The summed E-state index contributed by atoms with van der Waals surface area (Å²) in [5.74, 6) is 2.76. The van der Waals surface area contributed by atoms with Gasteiger partial charge in [0.2, 0.25) is 0 Å². The first-order valence-corrected chi connectivity index (χ1v) is 7.04. The maximum Gasteiger partial charge on any atom is 0.140 e. The van der Waals surface area contributed by atoms with Crippen LogP contribution in [-0.2, 0) is 5.75 Å². The predicted octanol–water partition coefficient (Wildman–Crippen LogP) is 3.56. The van der Waals surface area contributed by atoms with Crippen LogP contribution in [0.1, 0.15) is 44.8 Å². The van der Waals surface area contributed by atoms with Crippen molar-refractivity contribution in [2.75, 3.05) is 11.9 Å². The maximum absolute atomic E-state index is 4.58. The van der Waals surface area contributed by atoms with E-state index in [0.29, 0.717) is 0 Å². The molecule has 0 aliphatic rings. The molecule has 0 spiro atoms. The Kier molecular flexibility index (Phi) is 4.80. The summed E-state index contributed by atoms with van der Waals surface area (Å²) in [5, 5.41) is 3.29. The van der Waals surface area contributed by atoms with Crippen molar-refractivity contribution in [3.63, 3.8) is 0 Å². The van der Waals surface area contributed by atoms with Gasteiger partial charge in [0.05, 0.1) is 5.75 Å². The van der Waals surface area contributed by atoms with E-state index < -0.39 is 0 Å². The minimum absolute atomic E-state index is 0.250. The van der Waals surface area contributed by atoms with E-state index in [1.807, 2.05) is 18.7 Å². The lowest BCUT2D eigenvalue weighted by molar-refractivity contribution is 0.799. The van der Waals surface area contributed by atoms with Gasteiger partial charge in [0, 0.05) is 22.5 Å². The molecular weight excluding hydrogens is 230 g/mol. The van der Waals surface area contributed by atoms with Crippen LogP contribution < -0.4 is 5.32 Å². The Balaban J connectivity index is 2.86. The van der Waals surface area contributed by atoms with E-state index in [4.69, 9.17) is 0 Å². The third-order valence-corrected chi connectivity index (χ3v) is 3.68. The van der Waals surface area contributed by atoms with Crippen molar-refractivity contribution in [3.05, 3.63) is 17.1 Å². The highest BCUT2D eigenvalue weighted by Gasteiger charge is 2.13. The molecular formula is C13H23N3S. The number of thioether (sulfide) groups is 1. The monoisotopic (exact) mass is 253 g/mol. The van der Waals surface area contributed by atoms with Gasteiger partial charge in [-0.3, -0.25) is 0 Å². The Labute approximate surface area is 109 Å². The normalized spacial score (nSPS) is 11.6. The van der Waals surface area contributed by atoms with Crippen molar-refractivity contribution in [2.24, 2.45) is 0 Å². The van der Waals surface area contributed by atoms with E-state index in [0.717, 1.165) is 35.2 Å². The number of hydrogen-bond acceptors (Lipinski definition) is 4. The van der Waals surface area contributed by atoms with Crippen LogP contribution in [0.2, 0.25) is 0 Å². The molecule has 0 aliphatic carbocycles. The van der Waals surface area contributed by atoms with E-state index in [1.165, 1.54) is 0 Å². The van der Waals surface area contributed by atoms with Crippen LogP contribution in [0.3, 0.4) is 0 Å². The number of aryl methyl sites for hydroxylation is 1. The summed E-state index contributed by atoms with van der Waals surface area (Å²) in [5.41, 5.74) is 2.22. The van der Waals surface area contributed by atoms with Gasteiger partial charge in [-0.25, -0.2) is 9.97 Å². The quantitative estimate of drug-likeness (QED) is 0.890. The van der Waals surface area contributed by atoms with Crippen molar-refractivity contribution in [1.82, 2.24) is 9.97 Å². The maximum atomic E-state index is 4.58. The fourth-order valence-corrected chi connectivity index (χ4v) is 2.06. The van der Waals surface area contributed by atoms with Crippen molar-refractivity contribution in [1.29, 1.82) is 0 Å². The summed E-state index contributed by atoms with van der Waals surface area (Å²) in [6.45, 7) is 13.7. The lowest BCUT2D eigenvalue weighted by atomic mass is 10.2. The van der Waals surface area contributed by atoms with Gasteiger partial charge in [-0.1, -0.05) is 20.8 Å². The molecule has 0 aromatic carbocycles. The molecule has 0 atom stereocenters. The highest BCUT2D eigenvalue weighted by molar-refractivity contribution is 7.99. The summed E-state index contributed by atoms with van der Waals surface area (Å²) >= 11 is 1.88. The molecule has 1 N–H and O–H groups in total. The number of rotatable bonds is 4. The van der Waals surface area contributed by atoms with Crippen molar-refractivity contribution in [3.8, 4) is 0 Å². The van der Waals surface area contributed by atoms with Crippen molar-refractivity contribution in [2.45, 2.75) is 52.0 Å². The third kappa shape index (κ3) is 4.54. The second-order valence-corrected chi connectivity index (χ2v) is 6.93. The molecule has 1 aromatic rings. The molecule has 17 heavy (non-hydrogen) atoms. The smallest absolute Gasteiger partial charge is 0.140 e. The summed E-state index contributed by atoms with van der Waals surface area (Å²) in [7, 11) is 0. The first kappa shape index (κ1) is 14.3.